The number of nitrogens with zero attached hydrogens (tertiary/aromatic N) is 2. The van der Waals surface area contributed by atoms with Crippen molar-refractivity contribution >= 4 is 27.5 Å². The van der Waals surface area contributed by atoms with Gasteiger partial charge in [0, 0.05) is 18.2 Å². The van der Waals surface area contributed by atoms with E-state index >= 15 is 0 Å². The fraction of sp³-hybridized carbons (Fsp3) is 0.375. The summed E-state index contributed by atoms with van der Waals surface area (Å²) in [5, 5.41) is 2.88. The van der Waals surface area contributed by atoms with Crippen molar-refractivity contribution in [1.82, 2.24) is 10.2 Å². The number of sulfonamides is 1. The zero-order valence-corrected chi connectivity index (χ0v) is 26.7. The van der Waals surface area contributed by atoms with Gasteiger partial charge in [-0.3, -0.25) is 13.9 Å². The third-order valence-corrected chi connectivity index (χ3v) is 8.42. The van der Waals surface area contributed by atoms with E-state index in [2.05, 4.69) is 5.32 Å². The maximum Gasteiger partial charge on any atom is 0.264 e. The van der Waals surface area contributed by atoms with Gasteiger partial charge in [0.25, 0.3) is 10.0 Å². The molecule has 3 rings (SSSR count). The number of halogens is 1. The minimum atomic E-state index is -4.33. The summed E-state index contributed by atoms with van der Waals surface area (Å²) in [7, 11) is -1.48. The van der Waals surface area contributed by atoms with Crippen LogP contribution in [0.25, 0.3) is 0 Å². The third kappa shape index (κ3) is 8.47. The number of anilines is 1. The van der Waals surface area contributed by atoms with Crippen LogP contribution in [-0.2, 0) is 26.2 Å². The van der Waals surface area contributed by atoms with Gasteiger partial charge in [-0.1, -0.05) is 18.2 Å². The molecular weight excluding hydrogens is 573 g/mol. The van der Waals surface area contributed by atoms with Gasteiger partial charge in [0.1, 0.15) is 18.4 Å². The van der Waals surface area contributed by atoms with Crippen LogP contribution in [0.15, 0.2) is 65.6 Å². The number of methoxy groups -OCH3 is 2. The van der Waals surface area contributed by atoms with Crippen molar-refractivity contribution in [2.45, 2.75) is 64.6 Å². The molecule has 0 aliphatic rings. The average Bonchev–Trinajstić information content (AvgIpc) is 2.93. The van der Waals surface area contributed by atoms with Crippen LogP contribution in [0.2, 0.25) is 0 Å². The molecule has 0 unspecified atom stereocenters. The Bertz CT molecular complexity index is 1550. The van der Waals surface area contributed by atoms with Crippen LogP contribution in [0.1, 0.15) is 44.4 Å². The number of carbonyl (C=O) groups is 2. The van der Waals surface area contributed by atoms with Gasteiger partial charge in [0.15, 0.2) is 11.5 Å². The predicted octanol–water partition coefficient (Wildman–Crippen LogP) is 4.99. The summed E-state index contributed by atoms with van der Waals surface area (Å²) in [6, 6.07) is 14.1. The highest BCUT2D eigenvalue weighted by molar-refractivity contribution is 7.92. The molecule has 0 heterocycles. The number of benzene rings is 3. The summed E-state index contributed by atoms with van der Waals surface area (Å²) in [6.07, 6.45) is 0. The molecular formula is C32H40FN3O6S. The zero-order valence-electron chi connectivity index (χ0n) is 25.9. The number of ether oxygens (including phenoxy) is 2. The predicted molar refractivity (Wildman–Crippen MR) is 164 cm³/mol. The first-order valence-corrected chi connectivity index (χ1v) is 15.2. The minimum absolute atomic E-state index is 0.0467. The molecule has 0 radical (unpaired) electrons. The van der Waals surface area contributed by atoms with Gasteiger partial charge < -0.3 is 19.7 Å². The van der Waals surface area contributed by atoms with E-state index in [1.807, 2.05) is 40.7 Å². The molecule has 1 N–H and O–H groups in total. The van der Waals surface area contributed by atoms with E-state index < -0.39 is 45.8 Å². The average molecular weight is 614 g/mol. The van der Waals surface area contributed by atoms with E-state index in [-0.39, 0.29) is 22.9 Å². The van der Waals surface area contributed by atoms with Crippen LogP contribution < -0.4 is 19.1 Å². The number of hydrogen-bond donors (Lipinski definition) is 1. The number of aryl methyl sites for hydroxylation is 2. The minimum Gasteiger partial charge on any atom is -0.493 e. The molecule has 0 bridgehead atoms. The van der Waals surface area contributed by atoms with E-state index in [0.717, 1.165) is 15.4 Å². The third-order valence-electron chi connectivity index (χ3n) is 6.65. The van der Waals surface area contributed by atoms with E-state index in [9.17, 15) is 22.4 Å². The number of rotatable bonds is 11. The van der Waals surface area contributed by atoms with Crippen molar-refractivity contribution in [3.05, 3.63) is 83.2 Å². The zero-order chi connectivity index (χ0) is 32.1. The van der Waals surface area contributed by atoms with Gasteiger partial charge in [0.05, 0.1) is 24.8 Å². The Balaban J connectivity index is 2.11. The number of nitrogens with one attached hydrogen (secondary N) is 1. The molecule has 232 valence electrons. The largest absolute Gasteiger partial charge is 0.493 e. The van der Waals surface area contributed by atoms with E-state index in [1.54, 1.807) is 19.1 Å². The van der Waals surface area contributed by atoms with Crippen LogP contribution >= 0.6 is 0 Å². The molecule has 0 aromatic heterocycles. The molecule has 0 saturated carbocycles. The van der Waals surface area contributed by atoms with Gasteiger partial charge in [-0.2, -0.15) is 0 Å². The summed E-state index contributed by atoms with van der Waals surface area (Å²) in [5.74, 6) is -0.921. The molecule has 3 aromatic rings. The lowest BCUT2D eigenvalue weighted by Gasteiger charge is -2.33. The van der Waals surface area contributed by atoms with Gasteiger partial charge >= 0.3 is 0 Å². The molecule has 0 aliphatic carbocycles. The lowest BCUT2D eigenvalue weighted by molar-refractivity contribution is -0.140. The van der Waals surface area contributed by atoms with Gasteiger partial charge in [0.2, 0.25) is 11.8 Å². The van der Waals surface area contributed by atoms with Gasteiger partial charge in [-0.05, 0) is 94.6 Å². The standard InChI is InChI=1S/C32H40FN3O6S/c1-21-15-22(2)17-26(16-21)36(43(39,40)27-13-14-28(41-7)29(18-27)42-8)20-30(37)35(19-24-9-11-25(33)12-10-24)23(3)31(38)34-32(4,5)6/h9-18,23H,19-20H2,1-8H3,(H,34,38)/t23-/m1/s1. The van der Waals surface area contributed by atoms with Crippen molar-refractivity contribution in [2.24, 2.45) is 0 Å². The van der Waals surface area contributed by atoms with E-state index in [0.29, 0.717) is 11.3 Å². The first-order chi connectivity index (χ1) is 20.0. The monoisotopic (exact) mass is 613 g/mol. The molecule has 0 fully saturated rings. The van der Waals surface area contributed by atoms with Gasteiger partial charge in [-0.25, -0.2) is 12.8 Å². The maximum absolute atomic E-state index is 14.2. The summed E-state index contributed by atoms with van der Waals surface area (Å²) in [6.45, 7) is 10.1. The van der Waals surface area contributed by atoms with E-state index in [4.69, 9.17) is 9.47 Å². The molecule has 2 amide bonds. The fourth-order valence-corrected chi connectivity index (χ4v) is 5.98. The first kappa shape index (κ1) is 33.4. The van der Waals surface area contributed by atoms with Crippen molar-refractivity contribution in [3.8, 4) is 11.5 Å². The Morgan fingerprint density at radius 1 is 0.907 bits per heavy atom. The van der Waals surface area contributed by atoms with E-state index in [1.165, 1.54) is 61.6 Å². The first-order valence-electron chi connectivity index (χ1n) is 13.7. The smallest absolute Gasteiger partial charge is 0.264 e. The van der Waals surface area contributed by atoms with Gasteiger partial charge in [-0.15, -0.1) is 0 Å². The van der Waals surface area contributed by atoms with Crippen molar-refractivity contribution in [2.75, 3.05) is 25.1 Å². The molecule has 9 nitrogen and oxygen atoms in total. The highest BCUT2D eigenvalue weighted by Crippen LogP contribution is 2.33. The quantitative estimate of drug-likeness (QED) is 0.327. The Morgan fingerprint density at radius 2 is 1.49 bits per heavy atom. The number of amides is 2. The number of hydrogen-bond acceptors (Lipinski definition) is 6. The van der Waals surface area contributed by atoms with Crippen molar-refractivity contribution in [3.63, 3.8) is 0 Å². The Kier molecular flexibility index (Phi) is 10.4. The highest BCUT2D eigenvalue weighted by atomic mass is 32.2. The lowest BCUT2D eigenvalue weighted by atomic mass is 10.1. The molecule has 1 atom stereocenters. The summed E-state index contributed by atoms with van der Waals surface area (Å²) >= 11 is 0. The fourth-order valence-electron chi connectivity index (χ4n) is 4.57. The number of carbonyl (C=O) groups excluding carboxylic acids is 2. The lowest BCUT2D eigenvalue weighted by Crippen LogP contribution is -2.54. The second-order valence-electron chi connectivity index (χ2n) is 11.4. The van der Waals surface area contributed by atoms with Crippen LogP contribution in [0.5, 0.6) is 11.5 Å². The second kappa shape index (κ2) is 13.5. The molecule has 0 saturated heterocycles. The summed E-state index contributed by atoms with van der Waals surface area (Å²) < 4.78 is 53.7. The normalized spacial score (nSPS) is 12.3. The molecule has 43 heavy (non-hydrogen) atoms. The van der Waals surface area contributed by atoms with Crippen LogP contribution in [0, 0.1) is 19.7 Å². The topological polar surface area (TPSA) is 105 Å². The van der Waals surface area contributed by atoms with Crippen LogP contribution in [0.4, 0.5) is 10.1 Å². The highest BCUT2D eigenvalue weighted by Gasteiger charge is 2.34. The summed E-state index contributed by atoms with van der Waals surface area (Å²) in [5.41, 5.74) is 1.89. The van der Waals surface area contributed by atoms with Crippen molar-refractivity contribution < 1.29 is 31.9 Å². The van der Waals surface area contributed by atoms with Crippen LogP contribution in [-0.4, -0.2) is 57.5 Å². The SMILES string of the molecule is COc1ccc(S(=O)(=O)N(CC(=O)N(Cc2ccc(F)cc2)[C@H](C)C(=O)NC(C)(C)C)c2cc(C)cc(C)c2)cc1OC. The molecule has 3 aromatic carbocycles. The maximum atomic E-state index is 14.2. The molecule has 0 aliphatic heterocycles. The van der Waals surface area contributed by atoms with Crippen molar-refractivity contribution in [1.29, 1.82) is 0 Å². The Hall–Kier alpha value is -4.12. The summed E-state index contributed by atoms with van der Waals surface area (Å²) in [4.78, 5) is 28.5. The second-order valence-corrected chi connectivity index (χ2v) is 13.3. The van der Waals surface area contributed by atoms with Crippen LogP contribution in [0.3, 0.4) is 0 Å². The Labute approximate surface area is 253 Å². The molecule has 11 heteroatoms. The Morgan fingerprint density at radius 3 is 2.02 bits per heavy atom. The molecule has 0 spiro atoms.